The van der Waals surface area contributed by atoms with Gasteiger partial charge in [0.15, 0.2) is 0 Å². The van der Waals surface area contributed by atoms with Crippen molar-refractivity contribution >= 4 is 33.2 Å². The van der Waals surface area contributed by atoms with E-state index in [2.05, 4.69) is 10.4 Å². The second kappa shape index (κ2) is 9.27. The van der Waals surface area contributed by atoms with Gasteiger partial charge in [0.2, 0.25) is 15.9 Å². The molecule has 1 aliphatic heterocycles. The van der Waals surface area contributed by atoms with Gasteiger partial charge < -0.3 is 10.2 Å². The summed E-state index contributed by atoms with van der Waals surface area (Å²) >= 11 is 6.11. The highest BCUT2D eigenvalue weighted by Gasteiger charge is 2.30. The van der Waals surface area contributed by atoms with Crippen molar-refractivity contribution in [2.75, 3.05) is 38.0 Å². The average Bonchev–Trinajstić information content (AvgIpc) is 3.32. The van der Waals surface area contributed by atoms with Crippen molar-refractivity contribution in [3.8, 4) is 5.69 Å². The molecule has 1 N–H and O–H groups in total. The van der Waals surface area contributed by atoms with Crippen molar-refractivity contribution in [1.29, 1.82) is 0 Å². The maximum atomic E-state index is 13.4. The normalized spacial score (nSPS) is 15.0. The number of rotatable bonds is 6. The maximum absolute atomic E-state index is 13.4. The van der Waals surface area contributed by atoms with Crippen LogP contribution < -0.4 is 5.32 Å². The van der Waals surface area contributed by atoms with Gasteiger partial charge >= 0.3 is 0 Å². The largest absolute Gasteiger partial charge is 0.374 e. The van der Waals surface area contributed by atoms with E-state index in [9.17, 15) is 17.6 Å². The number of halogens is 2. The molecule has 0 unspecified atom stereocenters. The minimum Gasteiger partial charge on any atom is -0.374 e. The third kappa shape index (κ3) is 4.77. The lowest BCUT2D eigenvalue weighted by molar-refractivity contribution is -0.130. The van der Waals surface area contributed by atoms with Gasteiger partial charge in [0.25, 0.3) is 0 Å². The number of carbonyl (C=O) groups excluding carboxylic acids is 1. The molecular weight excluding hydrogens is 457 g/mol. The lowest BCUT2D eigenvalue weighted by Crippen LogP contribution is -2.51. The zero-order chi connectivity index (χ0) is 22.7. The number of benzene rings is 2. The summed E-state index contributed by atoms with van der Waals surface area (Å²) in [5.41, 5.74) is 1.40. The van der Waals surface area contributed by atoms with Crippen molar-refractivity contribution in [2.24, 2.45) is 0 Å². The fraction of sp³-hybridized carbons (Fsp3) is 0.238. The van der Waals surface area contributed by atoms with E-state index in [0.29, 0.717) is 10.7 Å². The Hall–Kier alpha value is -2.95. The number of nitrogens with zero attached hydrogens (tertiary/aromatic N) is 4. The van der Waals surface area contributed by atoms with E-state index < -0.39 is 15.8 Å². The molecule has 1 aromatic heterocycles. The second-order valence-electron chi connectivity index (χ2n) is 7.21. The van der Waals surface area contributed by atoms with Gasteiger partial charge in [-0.1, -0.05) is 17.7 Å². The minimum absolute atomic E-state index is 0.0191. The fourth-order valence-corrected chi connectivity index (χ4v) is 5.12. The molecule has 2 heterocycles. The zero-order valence-electron chi connectivity index (χ0n) is 17.0. The van der Waals surface area contributed by atoms with Gasteiger partial charge in [-0.05, 0) is 42.5 Å². The van der Waals surface area contributed by atoms with E-state index in [4.69, 9.17) is 11.6 Å². The highest BCUT2D eigenvalue weighted by atomic mass is 35.5. The first-order valence-corrected chi connectivity index (χ1v) is 11.7. The summed E-state index contributed by atoms with van der Waals surface area (Å²) in [4.78, 5) is 14.2. The Kier molecular flexibility index (Phi) is 6.45. The number of hydrogen-bond donors (Lipinski definition) is 1. The molecule has 168 valence electrons. The first kappa shape index (κ1) is 22.3. The van der Waals surface area contributed by atoms with Crippen LogP contribution in [0.1, 0.15) is 0 Å². The molecule has 32 heavy (non-hydrogen) atoms. The van der Waals surface area contributed by atoms with Gasteiger partial charge in [-0.25, -0.2) is 17.5 Å². The van der Waals surface area contributed by atoms with E-state index in [0.717, 1.165) is 11.8 Å². The van der Waals surface area contributed by atoms with Crippen molar-refractivity contribution in [1.82, 2.24) is 19.0 Å². The van der Waals surface area contributed by atoms with E-state index in [-0.39, 0.29) is 43.5 Å². The van der Waals surface area contributed by atoms with E-state index >= 15 is 0 Å². The molecule has 0 radical (unpaired) electrons. The lowest BCUT2D eigenvalue weighted by Gasteiger charge is -2.34. The smallest absolute Gasteiger partial charge is 0.243 e. The van der Waals surface area contributed by atoms with Crippen LogP contribution in [0, 0.1) is 5.82 Å². The Balaban J connectivity index is 1.37. The molecule has 0 aliphatic carbocycles. The van der Waals surface area contributed by atoms with Crippen LogP contribution in [-0.4, -0.2) is 66.0 Å². The van der Waals surface area contributed by atoms with E-state index in [1.807, 2.05) is 0 Å². The van der Waals surface area contributed by atoms with Crippen LogP contribution in [0.5, 0.6) is 0 Å². The molecule has 0 spiro atoms. The Morgan fingerprint density at radius 2 is 1.88 bits per heavy atom. The Morgan fingerprint density at radius 3 is 2.56 bits per heavy atom. The van der Waals surface area contributed by atoms with E-state index in [1.54, 1.807) is 46.2 Å². The number of anilines is 1. The summed E-state index contributed by atoms with van der Waals surface area (Å²) in [5.74, 6) is -0.777. The van der Waals surface area contributed by atoms with Crippen LogP contribution in [0.25, 0.3) is 5.69 Å². The van der Waals surface area contributed by atoms with Crippen molar-refractivity contribution in [2.45, 2.75) is 4.90 Å². The van der Waals surface area contributed by atoms with Crippen LogP contribution in [0.3, 0.4) is 0 Å². The predicted octanol–water partition coefficient (Wildman–Crippen LogP) is 2.61. The molecule has 0 atom stereocenters. The van der Waals surface area contributed by atoms with Crippen LogP contribution in [0.15, 0.2) is 65.8 Å². The van der Waals surface area contributed by atoms with Gasteiger partial charge in [0, 0.05) is 43.6 Å². The summed E-state index contributed by atoms with van der Waals surface area (Å²) in [6.45, 7) is 0.791. The van der Waals surface area contributed by atoms with Crippen molar-refractivity contribution in [3.63, 3.8) is 0 Å². The molecule has 1 fully saturated rings. The van der Waals surface area contributed by atoms with Gasteiger partial charge in [0.1, 0.15) is 5.82 Å². The van der Waals surface area contributed by atoms with Gasteiger partial charge in [-0.15, -0.1) is 0 Å². The summed E-state index contributed by atoms with van der Waals surface area (Å²) in [6, 6.07) is 12.0. The van der Waals surface area contributed by atoms with Crippen LogP contribution in [0.4, 0.5) is 10.1 Å². The number of hydrogen-bond acceptors (Lipinski definition) is 5. The standard InChI is InChI=1S/C21H21ClFN5O3S/c22-16-5-6-20(28-8-2-7-25-28)19(13-16)24-15-21(29)26-9-11-27(12-10-26)32(30,31)18-4-1-3-17(23)14-18/h1-8,13-14,24H,9-12,15H2. The predicted molar refractivity (Wildman–Crippen MR) is 119 cm³/mol. The van der Waals surface area contributed by atoms with Gasteiger partial charge in [-0.2, -0.15) is 9.40 Å². The third-order valence-corrected chi connectivity index (χ3v) is 7.29. The molecule has 11 heteroatoms. The number of amides is 1. The number of sulfonamides is 1. The van der Waals surface area contributed by atoms with Gasteiger partial charge in [-0.3, -0.25) is 4.79 Å². The summed E-state index contributed by atoms with van der Waals surface area (Å²) in [7, 11) is -3.81. The summed E-state index contributed by atoms with van der Waals surface area (Å²) in [6.07, 6.45) is 3.44. The van der Waals surface area contributed by atoms with Crippen molar-refractivity contribution < 1.29 is 17.6 Å². The molecule has 2 aromatic carbocycles. The SMILES string of the molecule is O=C(CNc1cc(Cl)ccc1-n1cccn1)N1CCN(S(=O)(=O)c2cccc(F)c2)CC1. The molecule has 0 bridgehead atoms. The molecular formula is C21H21ClFN5O3S. The number of carbonyl (C=O) groups is 1. The topological polar surface area (TPSA) is 87.5 Å². The fourth-order valence-electron chi connectivity index (χ4n) is 3.50. The molecule has 0 saturated carbocycles. The Labute approximate surface area is 190 Å². The average molecular weight is 478 g/mol. The maximum Gasteiger partial charge on any atom is 0.243 e. The van der Waals surface area contributed by atoms with Crippen LogP contribution in [-0.2, 0) is 14.8 Å². The molecule has 8 nitrogen and oxygen atoms in total. The monoisotopic (exact) mass is 477 g/mol. The number of aromatic nitrogens is 2. The zero-order valence-corrected chi connectivity index (χ0v) is 18.6. The van der Waals surface area contributed by atoms with Crippen LogP contribution in [0.2, 0.25) is 5.02 Å². The molecule has 1 amide bonds. The first-order chi connectivity index (χ1) is 15.3. The molecule has 1 saturated heterocycles. The minimum atomic E-state index is -3.81. The highest BCUT2D eigenvalue weighted by Crippen LogP contribution is 2.24. The quantitative estimate of drug-likeness (QED) is 0.589. The molecule has 3 aromatic rings. The van der Waals surface area contributed by atoms with Gasteiger partial charge in [0.05, 0.1) is 22.8 Å². The molecule has 4 rings (SSSR count). The lowest BCUT2D eigenvalue weighted by atomic mass is 10.2. The second-order valence-corrected chi connectivity index (χ2v) is 9.58. The van der Waals surface area contributed by atoms with Crippen molar-refractivity contribution in [3.05, 3.63) is 71.8 Å². The summed E-state index contributed by atoms with van der Waals surface area (Å²) < 4.78 is 41.8. The van der Waals surface area contributed by atoms with Crippen LogP contribution >= 0.6 is 11.6 Å². The number of nitrogens with one attached hydrogen (secondary N) is 1. The third-order valence-electron chi connectivity index (χ3n) is 5.17. The number of piperazine rings is 1. The molecule has 1 aliphatic rings. The Bertz CT molecular complexity index is 1210. The highest BCUT2D eigenvalue weighted by molar-refractivity contribution is 7.89. The Morgan fingerprint density at radius 1 is 1.09 bits per heavy atom. The summed E-state index contributed by atoms with van der Waals surface area (Å²) in [5, 5.41) is 7.83. The van der Waals surface area contributed by atoms with E-state index in [1.165, 1.54) is 22.5 Å². The first-order valence-electron chi connectivity index (χ1n) is 9.91.